The molecule has 0 radical (unpaired) electrons. The van der Waals surface area contributed by atoms with Crippen molar-refractivity contribution in [3.8, 4) is 0 Å². The predicted molar refractivity (Wildman–Crippen MR) is 65.0 cm³/mol. The van der Waals surface area contributed by atoms with Gasteiger partial charge in [0.15, 0.2) is 0 Å². The van der Waals surface area contributed by atoms with Gasteiger partial charge in [-0.2, -0.15) is 0 Å². The highest BCUT2D eigenvalue weighted by atomic mass is 16.5. The third-order valence-corrected chi connectivity index (χ3v) is 0. The molecule has 4 heteroatoms. The lowest BCUT2D eigenvalue weighted by Crippen LogP contribution is -2.27. The molecule has 0 saturated carbocycles. The Labute approximate surface area is 90.5 Å². The molecule has 0 N–H and O–H groups in total. The summed E-state index contributed by atoms with van der Waals surface area (Å²) in [5, 5.41) is 10.0. The molecule has 0 bridgehead atoms. The maximum absolute atomic E-state index is 10.0. The van der Waals surface area contributed by atoms with Crippen LogP contribution < -0.4 is 0 Å². The van der Waals surface area contributed by atoms with Crippen LogP contribution in [-0.4, -0.2) is 84.5 Å². The topological polar surface area (TPSA) is 26.3 Å². The summed E-state index contributed by atoms with van der Waals surface area (Å²) >= 11 is 0. The van der Waals surface area contributed by atoms with Gasteiger partial charge in [0, 0.05) is 0 Å². The third kappa shape index (κ3) is 54300. The van der Waals surface area contributed by atoms with Gasteiger partial charge in [-0.3, -0.25) is 0 Å². The van der Waals surface area contributed by atoms with Crippen molar-refractivity contribution in [2.75, 3.05) is 70.5 Å². The fourth-order valence-electron chi connectivity index (χ4n) is 0. The molecule has 0 saturated heterocycles. The zero-order valence-electron chi connectivity index (χ0n) is 11.7. The number of hydrogen-bond donors (Lipinski definition) is 0. The molecule has 0 atom stereocenters. The number of quaternary nitrogens is 2. The average molecular weight is 208 g/mol. The monoisotopic (exact) mass is 208 g/mol. The molecular formula is C10H30N3O+. The largest absolute Gasteiger partial charge is 0.633 e. The van der Waals surface area contributed by atoms with E-state index in [0.29, 0.717) is 0 Å². The van der Waals surface area contributed by atoms with Gasteiger partial charge >= 0.3 is 0 Å². The van der Waals surface area contributed by atoms with Crippen LogP contribution in [0.15, 0.2) is 0 Å². The molecule has 14 heavy (non-hydrogen) atoms. The highest BCUT2D eigenvalue weighted by Crippen LogP contribution is 1.77. The molecular weight excluding hydrogens is 178 g/mol. The molecule has 0 fully saturated rings. The van der Waals surface area contributed by atoms with E-state index in [1.807, 2.05) is 26.0 Å². The van der Waals surface area contributed by atoms with Gasteiger partial charge in [0.2, 0.25) is 0 Å². The summed E-state index contributed by atoms with van der Waals surface area (Å²) in [6.45, 7) is 0. The summed E-state index contributed by atoms with van der Waals surface area (Å²) in [7, 11) is 19.2. The Bertz CT molecular complexity index is 84.8. The van der Waals surface area contributed by atoms with Crippen molar-refractivity contribution >= 4 is 0 Å². The first-order valence-electron chi connectivity index (χ1n) is 4.65. The van der Waals surface area contributed by atoms with Crippen molar-refractivity contribution in [1.29, 1.82) is 0 Å². The second-order valence-electron chi connectivity index (χ2n) is 5.91. The fraction of sp³-hybridized carbons (Fsp3) is 1.00. The number of hydrogen-bond acceptors (Lipinski definition) is 2. The Morgan fingerprint density at radius 1 is 0.714 bits per heavy atom. The number of rotatable bonds is 0. The van der Waals surface area contributed by atoms with Crippen molar-refractivity contribution in [2.24, 2.45) is 0 Å². The molecule has 0 aromatic carbocycles. The van der Waals surface area contributed by atoms with Crippen molar-refractivity contribution in [2.45, 2.75) is 0 Å². The fourth-order valence-corrected chi connectivity index (χ4v) is 0. The molecule has 0 aromatic heterocycles. The van der Waals surface area contributed by atoms with E-state index in [-0.39, 0.29) is 4.65 Å². The third-order valence-electron chi connectivity index (χ3n) is 0. The first-order chi connectivity index (χ1) is 5.73. The van der Waals surface area contributed by atoms with Crippen LogP contribution in [0.25, 0.3) is 0 Å². The van der Waals surface area contributed by atoms with Crippen molar-refractivity contribution < 1.29 is 9.13 Å². The number of nitrogens with zero attached hydrogens (tertiary/aromatic N) is 3. The van der Waals surface area contributed by atoms with Crippen LogP contribution in [0.3, 0.4) is 0 Å². The Morgan fingerprint density at radius 2 is 0.714 bits per heavy atom. The van der Waals surface area contributed by atoms with Crippen LogP contribution in [-0.2, 0) is 0 Å². The smallest absolute Gasteiger partial charge is 0.0675 e. The molecule has 0 heterocycles. The zero-order chi connectivity index (χ0) is 12.6. The maximum atomic E-state index is 10.0. The summed E-state index contributed by atoms with van der Waals surface area (Å²) < 4.78 is 0.750. The lowest BCUT2D eigenvalue weighted by molar-refractivity contribution is -0.849. The van der Waals surface area contributed by atoms with Gasteiger partial charge < -0.3 is 19.2 Å². The molecule has 0 aliphatic rings. The van der Waals surface area contributed by atoms with E-state index in [4.69, 9.17) is 0 Å². The lowest BCUT2D eigenvalue weighted by atomic mass is 10.8. The van der Waals surface area contributed by atoms with E-state index < -0.39 is 0 Å². The van der Waals surface area contributed by atoms with Crippen LogP contribution in [0.4, 0.5) is 0 Å². The van der Waals surface area contributed by atoms with Crippen LogP contribution in [0.1, 0.15) is 0 Å². The summed E-state index contributed by atoms with van der Waals surface area (Å²) in [5.41, 5.74) is 0. The lowest BCUT2D eigenvalue weighted by Gasteiger charge is -2.27. The van der Waals surface area contributed by atoms with E-state index in [2.05, 4.69) is 28.2 Å². The van der Waals surface area contributed by atoms with Gasteiger partial charge in [0.05, 0.1) is 49.3 Å². The normalized spacial score (nSPS) is 11.1. The Hall–Kier alpha value is -0.160. The summed E-state index contributed by atoms with van der Waals surface area (Å²) in [6.07, 6.45) is 0. The van der Waals surface area contributed by atoms with Gasteiger partial charge in [0.25, 0.3) is 0 Å². The minimum atomic E-state index is -0.250. The van der Waals surface area contributed by atoms with Crippen LogP contribution in [0, 0.1) is 5.21 Å². The van der Waals surface area contributed by atoms with Gasteiger partial charge in [-0.1, -0.05) is 0 Å². The standard InChI is InChI=1S/C4H12N.C3H9NO.C3H9N/c1-5(2,3)4;1-4(2,3)5;1-4(2)3/h1-4H3;1-3H3;1-3H3/q+1;;. The van der Waals surface area contributed by atoms with Crippen molar-refractivity contribution in [3.63, 3.8) is 0 Å². The molecule has 0 amide bonds. The zero-order valence-corrected chi connectivity index (χ0v) is 11.7. The highest BCUT2D eigenvalue weighted by molar-refractivity contribution is 4.09. The molecule has 4 nitrogen and oxygen atoms in total. The number of hydroxylamine groups is 3. The molecule has 0 aromatic rings. The van der Waals surface area contributed by atoms with Gasteiger partial charge in [-0.15, -0.1) is 0 Å². The Morgan fingerprint density at radius 3 is 0.714 bits per heavy atom. The van der Waals surface area contributed by atoms with E-state index >= 15 is 0 Å². The minimum Gasteiger partial charge on any atom is -0.633 e. The SMILES string of the molecule is CN(C)C.C[N+](C)(C)C.C[N+](C)(C)[O-]. The van der Waals surface area contributed by atoms with Gasteiger partial charge in [-0.25, -0.2) is 0 Å². The van der Waals surface area contributed by atoms with Crippen molar-refractivity contribution in [1.82, 2.24) is 4.90 Å². The van der Waals surface area contributed by atoms with Crippen LogP contribution in [0.5, 0.6) is 0 Å². The maximum Gasteiger partial charge on any atom is 0.0675 e. The average Bonchev–Trinajstić information content (AvgIpc) is 1.45. The van der Waals surface area contributed by atoms with Crippen LogP contribution >= 0.6 is 0 Å². The predicted octanol–water partition coefficient (Wildman–Crippen LogP) is 0.691. The first kappa shape index (κ1) is 19.4. The van der Waals surface area contributed by atoms with E-state index in [1.165, 1.54) is 0 Å². The van der Waals surface area contributed by atoms with Crippen LogP contribution in [0.2, 0.25) is 0 Å². The highest BCUT2D eigenvalue weighted by Gasteiger charge is 1.88. The quantitative estimate of drug-likeness (QED) is 0.432. The molecule has 90 valence electrons. The molecule has 0 aliphatic heterocycles. The van der Waals surface area contributed by atoms with E-state index in [1.54, 1.807) is 21.1 Å². The van der Waals surface area contributed by atoms with E-state index in [0.717, 1.165) is 4.48 Å². The Balaban J connectivity index is -0.000000131. The summed E-state index contributed by atoms with van der Waals surface area (Å²) in [4.78, 5) is 2.00. The van der Waals surface area contributed by atoms with Gasteiger partial charge in [0.1, 0.15) is 0 Å². The second-order valence-corrected chi connectivity index (χ2v) is 5.91. The molecule has 0 spiro atoms. The summed E-state index contributed by atoms with van der Waals surface area (Å²) in [5.74, 6) is 0. The summed E-state index contributed by atoms with van der Waals surface area (Å²) in [6, 6.07) is 0. The second kappa shape index (κ2) is 8.17. The molecule has 0 unspecified atom stereocenters. The Kier molecular flexibility index (Phi) is 11.3. The molecule has 0 rings (SSSR count). The minimum absolute atomic E-state index is 0.250. The first-order valence-corrected chi connectivity index (χ1v) is 4.65. The molecule has 0 aliphatic carbocycles. The van der Waals surface area contributed by atoms with Crippen molar-refractivity contribution in [3.05, 3.63) is 5.21 Å². The van der Waals surface area contributed by atoms with E-state index in [9.17, 15) is 5.21 Å². The van der Waals surface area contributed by atoms with Gasteiger partial charge in [-0.05, 0) is 21.1 Å².